The van der Waals surface area contributed by atoms with Gasteiger partial charge in [0.1, 0.15) is 0 Å². The van der Waals surface area contributed by atoms with Gasteiger partial charge in [-0.05, 0) is 19.1 Å². The molecular formula is C13H13ClF3N3. The van der Waals surface area contributed by atoms with Crippen LogP contribution in [0.4, 0.5) is 18.9 Å². The highest BCUT2D eigenvalue weighted by Gasteiger charge is 2.34. The number of aryl methyl sites for hydroxylation is 2. The van der Waals surface area contributed by atoms with Gasteiger partial charge in [-0.1, -0.05) is 17.7 Å². The number of para-hydroxylation sites is 1. The largest absolute Gasteiger partial charge is 0.418 e. The average Bonchev–Trinajstić information content (AvgIpc) is 2.65. The second kappa shape index (κ2) is 5.36. The Labute approximate surface area is 119 Å². The molecule has 0 radical (unpaired) electrons. The van der Waals surface area contributed by atoms with Crippen LogP contribution in [-0.2, 0) is 19.8 Å². The van der Waals surface area contributed by atoms with E-state index in [1.54, 1.807) is 24.9 Å². The van der Waals surface area contributed by atoms with E-state index >= 15 is 0 Å². The minimum absolute atomic E-state index is 0.0429. The zero-order chi connectivity index (χ0) is 14.9. The Bertz CT molecular complexity index is 620. The van der Waals surface area contributed by atoms with E-state index in [0.29, 0.717) is 0 Å². The van der Waals surface area contributed by atoms with Gasteiger partial charge in [-0.15, -0.1) is 0 Å². The number of aromatic nitrogens is 2. The highest BCUT2D eigenvalue weighted by atomic mass is 35.5. The fraction of sp³-hybridized carbons (Fsp3) is 0.308. The second-order valence-electron chi connectivity index (χ2n) is 4.43. The van der Waals surface area contributed by atoms with Gasteiger partial charge in [0.05, 0.1) is 22.0 Å². The third-order valence-corrected chi connectivity index (χ3v) is 3.20. The van der Waals surface area contributed by atoms with Crippen LogP contribution in [0.15, 0.2) is 24.4 Å². The summed E-state index contributed by atoms with van der Waals surface area (Å²) in [6, 6.07) is 3.71. The van der Waals surface area contributed by atoms with E-state index in [1.807, 2.05) is 0 Å². The van der Waals surface area contributed by atoms with Crippen molar-refractivity contribution in [2.45, 2.75) is 19.6 Å². The maximum absolute atomic E-state index is 12.9. The van der Waals surface area contributed by atoms with Crippen LogP contribution in [0.5, 0.6) is 0 Å². The van der Waals surface area contributed by atoms with Crippen LogP contribution >= 0.6 is 11.6 Å². The maximum Gasteiger partial charge on any atom is 0.418 e. The molecule has 0 atom stereocenters. The standard InChI is InChI=1S/C13H13ClF3N3/c1-8-9(7-20(2)19-8)6-18-12-10(13(15,16)17)4-3-5-11(12)14/h3-5,7,18H,6H2,1-2H3. The summed E-state index contributed by atoms with van der Waals surface area (Å²) >= 11 is 5.86. The van der Waals surface area contributed by atoms with E-state index in [1.165, 1.54) is 12.1 Å². The molecule has 0 aliphatic rings. The normalized spacial score (nSPS) is 11.7. The molecular weight excluding hydrogens is 291 g/mol. The van der Waals surface area contributed by atoms with Crippen LogP contribution in [0.1, 0.15) is 16.8 Å². The Hall–Kier alpha value is -1.69. The summed E-state index contributed by atoms with van der Waals surface area (Å²) < 4.78 is 40.4. The molecule has 0 aliphatic heterocycles. The van der Waals surface area contributed by atoms with Crippen molar-refractivity contribution in [3.63, 3.8) is 0 Å². The van der Waals surface area contributed by atoms with Gasteiger partial charge in [0, 0.05) is 25.4 Å². The molecule has 7 heteroatoms. The highest BCUT2D eigenvalue weighted by Crippen LogP contribution is 2.38. The molecule has 1 aromatic carbocycles. The lowest BCUT2D eigenvalue weighted by molar-refractivity contribution is -0.136. The van der Waals surface area contributed by atoms with Gasteiger partial charge in [0.2, 0.25) is 0 Å². The Morgan fingerprint density at radius 2 is 2.05 bits per heavy atom. The van der Waals surface area contributed by atoms with Gasteiger partial charge in [0.15, 0.2) is 0 Å². The number of anilines is 1. The van der Waals surface area contributed by atoms with Crippen LogP contribution < -0.4 is 5.32 Å². The fourth-order valence-corrected chi connectivity index (χ4v) is 2.19. The van der Waals surface area contributed by atoms with Crippen molar-refractivity contribution < 1.29 is 13.2 Å². The van der Waals surface area contributed by atoms with E-state index < -0.39 is 11.7 Å². The number of hydrogen-bond acceptors (Lipinski definition) is 2. The molecule has 0 aliphatic carbocycles. The zero-order valence-corrected chi connectivity index (χ0v) is 11.7. The molecule has 20 heavy (non-hydrogen) atoms. The molecule has 0 bridgehead atoms. The summed E-state index contributed by atoms with van der Waals surface area (Å²) in [5.74, 6) is 0. The van der Waals surface area contributed by atoms with E-state index in [4.69, 9.17) is 11.6 Å². The molecule has 0 saturated carbocycles. The highest BCUT2D eigenvalue weighted by molar-refractivity contribution is 6.33. The third-order valence-electron chi connectivity index (χ3n) is 2.89. The number of nitrogens with zero attached hydrogens (tertiary/aromatic N) is 2. The van der Waals surface area contributed by atoms with Crippen molar-refractivity contribution in [2.75, 3.05) is 5.32 Å². The lowest BCUT2D eigenvalue weighted by Gasteiger charge is -2.15. The number of nitrogens with one attached hydrogen (secondary N) is 1. The smallest absolute Gasteiger partial charge is 0.379 e. The van der Waals surface area contributed by atoms with Crippen molar-refractivity contribution in [3.05, 3.63) is 46.2 Å². The number of halogens is 4. The van der Waals surface area contributed by atoms with Crippen LogP contribution in [0.3, 0.4) is 0 Å². The first-order valence-electron chi connectivity index (χ1n) is 5.87. The molecule has 0 fully saturated rings. The molecule has 1 aromatic heterocycles. The van der Waals surface area contributed by atoms with Crippen molar-refractivity contribution in [1.29, 1.82) is 0 Å². The van der Waals surface area contributed by atoms with Crippen molar-refractivity contribution in [1.82, 2.24) is 9.78 Å². The van der Waals surface area contributed by atoms with E-state index in [0.717, 1.165) is 17.3 Å². The third kappa shape index (κ3) is 3.07. The first-order valence-corrected chi connectivity index (χ1v) is 6.25. The van der Waals surface area contributed by atoms with E-state index in [9.17, 15) is 13.2 Å². The minimum atomic E-state index is -4.45. The van der Waals surface area contributed by atoms with E-state index in [2.05, 4.69) is 10.4 Å². The molecule has 3 nitrogen and oxygen atoms in total. The molecule has 1 N–H and O–H groups in total. The van der Waals surface area contributed by atoms with Gasteiger partial charge in [0.25, 0.3) is 0 Å². The number of rotatable bonds is 3. The van der Waals surface area contributed by atoms with Crippen LogP contribution in [-0.4, -0.2) is 9.78 Å². The predicted octanol–water partition coefficient (Wildman–Crippen LogP) is 4.01. The average molecular weight is 304 g/mol. The molecule has 108 valence electrons. The summed E-state index contributed by atoms with van der Waals surface area (Å²) in [7, 11) is 1.76. The van der Waals surface area contributed by atoms with E-state index in [-0.39, 0.29) is 17.3 Å². The minimum Gasteiger partial charge on any atom is -0.379 e. The molecule has 0 saturated heterocycles. The summed E-state index contributed by atoms with van der Waals surface area (Å²) in [5.41, 5.74) is 0.706. The Balaban J connectivity index is 2.27. The van der Waals surface area contributed by atoms with Crippen molar-refractivity contribution >= 4 is 17.3 Å². The van der Waals surface area contributed by atoms with Crippen molar-refractivity contribution in [3.8, 4) is 0 Å². The van der Waals surface area contributed by atoms with Crippen LogP contribution in [0.25, 0.3) is 0 Å². The topological polar surface area (TPSA) is 29.9 Å². The number of benzene rings is 1. The fourth-order valence-electron chi connectivity index (χ4n) is 1.95. The molecule has 2 rings (SSSR count). The summed E-state index contributed by atoms with van der Waals surface area (Å²) in [6.45, 7) is 2.03. The maximum atomic E-state index is 12.9. The van der Waals surface area contributed by atoms with Crippen molar-refractivity contribution in [2.24, 2.45) is 7.05 Å². The molecule has 0 unspecified atom stereocenters. The summed E-state index contributed by atoms with van der Waals surface area (Å²) in [5, 5.41) is 6.93. The Kier molecular flexibility index (Phi) is 3.94. The molecule has 2 aromatic rings. The zero-order valence-electron chi connectivity index (χ0n) is 10.9. The summed E-state index contributed by atoms with van der Waals surface area (Å²) in [4.78, 5) is 0. The monoisotopic (exact) mass is 303 g/mol. The van der Waals surface area contributed by atoms with Crippen LogP contribution in [0.2, 0.25) is 5.02 Å². The van der Waals surface area contributed by atoms with Gasteiger partial charge in [-0.2, -0.15) is 18.3 Å². The van der Waals surface area contributed by atoms with Gasteiger partial charge in [-0.3, -0.25) is 4.68 Å². The number of hydrogen-bond donors (Lipinski definition) is 1. The second-order valence-corrected chi connectivity index (χ2v) is 4.83. The quantitative estimate of drug-likeness (QED) is 0.928. The summed E-state index contributed by atoms with van der Waals surface area (Å²) in [6.07, 6.45) is -2.69. The number of alkyl halides is 3. The first-order chi connectivity index (χ1) is 9.29. The molecule has 1 heterocycles. The Morgan fingerprint density at radius 3 is 2.60 bits per heavy atom. The molecule has 0 amide bonds. The SMILES string of the molecule is Cc1nn(C)cc1CNc1c(Cl)cccc1C(F)(F)F. The lowest BCUT2D eigenvalue weighted by atomic mass is 10.1. The van der Waals surface area contributed by atoms with Gasteiger partial charge in [-0.25, -0.2) is 0 Å². The first kappa shape index (κ1) is 14.7. The molecule has 0 spiro atoms. The van der Waals surface area contributed by atoms with Gasteiger partial charge >= 0.3 is 6.18 Å². The van der Waals surface area contributed by atoms with Gasteiger partial charge < -0.3 is 5.32 Å². The Morgan fingerprint density at radius 1 is 1.35 bits per heavy atom. The van der Waals surface area contributed by atoms with Crippen LogP contribution in [0, 0.1) is 6.92 Å². The predicted molar refractivity (Wildman–Crippen MR) is 71.7 cm³/mol. The lowest BCUT2D eigenvalue weighted by Crippen LogP contribution is -2.11.